The van der Waals surface area contributed by atoms with Crippen LogP contribution in [0, 0.1) is 5.82 Å². The third-order valence-corrected chi connectivity index (χ3v) is 5.51. The predicted molar refractivity (Wildman–Crippen MR) is 108 cm³/mol. The molecule has 28 heavy (non-hydrogen) atoms. The number of halogens is 1. The van der Waals surface area contributed by atoms with Gasteiger partial charge in [0.05, 0.1) is 5.75 Å². The molecule has 2 N–H and O–H groups in total. The van der Waals surface area contributed by atoms with Gasteiger partial charge in [-0.25, -0.2) is 12.8 Å². The molecule has 2 rings (SSSR count). The average molecular weight is 406 g/mol. The lowest BCUT2D eigenvalue weighted by Crippen LogP contribution is -2.25. The maximum Gasteiger partial charge on any atom is 0.255 e. The highest BCUT2D eigenvalue weighted by atomic mass is 32.2. The van der Waals surface area contributed by atoms with Crippen molar-refractivity contribution < 1.29 is 22.4 Å². The Balaban J connectivity index is 1.98. The van der Waals surface area contributed by atoms with Gasteiger partial charge in [-0.05, 0) is 42.8 Å². The smallest absolute Gasteiger partial charge is 0.255 e. The molecule has 150 valence electrons. The van der Waals surface area contributed by atoms with Gasteiger partial charge in [-0.2, -0.15) is 0 Å². The van der Waals surface area contributed by atoms with Gasteiger partial charge in [0.2, 0.25) is 5.91 Å². The summed E-state index contributed by atoms with van der Waals surface area (Å²) >= 11 is 0. The van der Waals surface area contributed by atoms with E-state index >= 15 is 0 Å². The van der Waals surface area contributed by atoms with Crippen LogP contribution in [0.5, 0.6) is 0 Å². The molecule has 0 fully saturated rings. The van der Waals surface area contributed by atoms with Gasteiger partial charge >= 0.3 is 0 Å². The van der Waals surface area contributed by atoms with Crippen LogP contribution in [0.4, 0.5) is 15.8 Å². The van der Waals surface area contributed by atoms with Crippen molar-refractivity contribution in [2.75, 3.05) is 22.1 Å². The van der Waals surface area contributed by atoms with Gasteiger partial charge in [0, 0.05) is 16.9 Å². The standard InChI is InChI=1S/C20H23FN2O4S/c1-2-3-4-11-28(26,27)14-19(24)22-17-9-5-7-15(12-17)20(25)23-18-10-6-8-16(21)13-18/h5-10,12-13H,2-4,11,14H2,1H3,(H,22,24)(H,23,25). The molecular weight excluding hydrogens is 383 g/mol. The molecule has 0 radical (unpaired) electrons. The van der Waals surface area contributed by atoms with Crippen molar-refractivity contribution in [1.29, 1.82) is 0 Å². The molecule has 0 aromatic heterocycles. The molecule has 0 unspecified atom stereocenters. The zero-order valence-corrected chi connectivity index (χ0v) is 16.4. The lowest BCUT2D eigenvalue weighted by molar-refractivity contribution is -0.113. The molecule has 0 saturated carbocycles. The monoisotopic (exact) mass is 406 g/mol. The minimum Gasteiger partial charge on any atom is -0.325 e. The molecule has 2 aromatic rings. The van der Waals surface area contributed by atoms with E-state index in [-0.39, 0.29) is 11.3 Å². The predicted octanol–water partition coefficient (Wildman–Crippen LogP) is 3.62. The fourth-order valence-electron chi connectivity index (χ4n) is 2.55. The number of carbonyl (C=O) groups is 2. The van der Waals surface area contributed by atoms with Crippen molar-refractivity contribution >= 4 is 33.0 Å². The van der Waals surface area contributed by atoms with E-state index in [4.69, 9.17) is 0 Å². The highest BCUT2D eigenvalue weighted by Crippen LogP contribution is 2.15. The van der Waals surface area contributed by atoms with Gasteiger partial charge in [0.1, 0.15) is 11.6 Å². The van der Waals surface area contributed by atoms with Gasteiger partial charge in [-0.3, -0.25) is 9.59 Å². The topological polar surface area (TPSA) is 92.3 Å². The second-order valence-corrected chi connectivity index (χ2v) is 8.58. The molecule has 0 aliphatic carbocycles. The van der Waals surface area contributed by atoms with Crippen LogP contribution in [0.15, 0.2) is 48.5 Å². The SMILES string of the molecule is CCCCCS(=O)(=O)CC(=O)Nc1cccc(C(=O)Nc2cccc(F)c2)c1. The Morgan fingerprint density at radius 2 is 1.64 bits per heavy atom. The number of amides is 2. The minimum atomic E-state index is -3.47. The third kappa shape index (κ3) is 7.11. The molecule has 0 atom stereocenters. The highest BCUT2D eigenvalue weighted by molar-refractivity contribution is 7.92. The lowest BCUT2D eigenvalue weighted by Gasteiger charge is -2.09. The molecule has 0 heterocycles. The lowest BCUT2D eigenvalue weighted by atomic mass is 10.2. The van der Waals surface area contributed by atoms with Gasteiger partial charge in [0.25, 0.3) is 5.91 Å². The normalized spacial score (nSPS) is 11.1. The summed E-state index contributed by atoms with van der Waals surface area (Å²) in [4.78, 5) is 24.3. The molecule has 0 saturated heterocycles. The van der Waals surface area contributed by atoms with Gasteiger partial charge in [0.15, 0.2) is 9.84 Å². The molecule has 0 aliphatic rings. The van der Waals surface area contributed by atoms with Crippen molar-refractivity contribution in [2.45, 2.75) is 26.2 Å². The van der Waals surface area contributed by atoms with Crippen LogP contribution in [0.2, 0.25) is 0 Å². The number of benzene rings is 2. The van der Waals surface area contributed by atoms with E-state index in [2.05, 4.69) is 10.6 Å². The van der Waals surface area contributed by atoms with Crippen LogP contribution in [-0.2, 0) is 14.6 Å². The first-order chi connectivity index (χ1) is 13.3. The first-order valence-electron chi connectivity index (χ1n) is 8.96. The van der Waals surface area contributed by atoms with Crippen molar-refractivity contribution in [2.24, 2.45) is 0 Å². The number of sulfone groups is 1. The molecule has 8 heteroatoms. The molecule has 0 spiro atoms. The molecule has 2 aromatic carbocycles. The molecule has 0 aliphatic heterocycles. The van der Waals surface area contributed by atoms with E-state index < -0.39 is 33.2 Å². The Labute approximate surface area is 164 Å². The second kappa shape index (κ2) is 9.98. The van der Waals surface area contributed by atoms with E-state index in [1.807, 2.05) is 6.92 Å². The summed E-state index contributed by atoms with van der Waals surface area (Å²) in [5.74, 6) is -2.23. The van der Waals surface area contributed by atoms with Crippen LogP contribution in [0.3, 0.4) is 0 Å². The van der Waals surface area contributed by atoms with E-state index in [1.165, 1.54) is 30.3 Å². The van der Waals surface area contributed by atoms with Gasteiger partial charge in [-0.15, -0.1) is 0 Å². The molecule has 2 amide bonds. The van der Waals surface area contributed by atoms with E-state index in [0.29, 0.717) is 17.8 Å². The number of anilines is 2. The molecule has 6 nitrogen and oxygen atoms in total. The number of carbonyl (C=O) groups excluding carboxylic acids is 2. The van der Waals surface area contributed by atoms with E-state index in [9.17, 15) is 22.4 Å². The largest absolute Gasteiger partial charge is 0.325 e. The highest BCUT2D eigenvalue weighted by Gasteiger charge is 2.17. The summed E-state index contributed by atoms with van der Waals surface area (Å²) in [6.45, 7) is 1.97. The van der Waals surface area contributed by atoms with Gasteiger partial charge < -0.3 is 10.6 Å². The summed E-state index contributed by atoms with van der Waals surface area (Å²) < 4.78 is 37.1. The number of rotatable bonds is 9. The Morgan fingerprint density at radius 3 is 2.32 bits per heavy atom. The summed E-state index contributed by atoms with van der Waals surface area (Å²) in [5, 5.41) is 5.06. The molecular formula is C20H23FN2O4S. The summed E-state index contributed by atoms with van der Waals surface area (Å²) in [5.41, 5.74) is 0.853. The van der Waals surface area contributed by atoms with Crippen LogP contribution in [0.25, 0.3) is 0 Å². The maximum atomic E-state index is 13.2. The average Bonchev–Trinajstić information content (AvgIpc) is 2.61. The van der Waals surface area contributed by atoms with Crippen LogP contribution in [-0.4, -0.2) is 31.7 Å². The number of hydrogen-bond acceptors (Lipinski definition) is 4. The van der Waals surface area contributed by atoms with Crippen molar-refractivity contribution in [1.82, 2.24) is 0 Å². The van der Waals surface area contributed by atoms with Crippen LogP contribution >= 0.6 is 0 Å². The summed E-state index contributed by atoms with van der Waals surface area (Å²) in [7, 11) is -3.47. The quantitative estimate of drug-likeness (QED) is 0.622. The van der Waals surface area contributed by atoms with E-state index in [0.717, 1.165) is 12.8 Å². The van der Waals surface area contributed by atoms with Crippen molar-refractivity contribution in [3.8, 4) is 0 Å². The van der Waals surface area contributed by atoms with Crippen LogP contribution < -0.4 is 10.6 Å². The van der Waals surface area contributed by atoms with Crippen LogP contribution in [0.1, 0.15) is 36.5 Å². The fourth-order valence-corrected chi connectivity index (χ4v) is 3.81. The first kappa shape index (κ1) is 21.6. The van der Waals surface area contributed by atoms with E-state index in [1.54, 1.807) is 18.2 Å². The second-order valence-electron chi connectivity index (χ2n) is 6.39. The summed E-state index contributed by atoms with van der Waals surface area (Å²) in [6.07, 6.45) is 2.22. The Morgan fingerprint density at radius 1 is 0.964 bits per heavy atom. The summed E-state index contributed by atoms with van der Waals surface area (Å²) in [6, 6.07) is 11.6. The van der Waals surface area contributed by atoms with Crippen molar-refractivity contribution in [3.63, 3.8) is 0 Å². The number of nitrogens with one attached hydrogen (secondary N) is 2. The number of unbranched alkanes of at least 4 members (excludes halogenated alkanes) is 2. The zero-order valence-electron chi connectivity index (χ0n) is 15.6. The van der Waals surface area contributed by atoms with Crippen molar-refractivity contribution in [3.05, 3.63) is 59.9 Å². The Kier molecular flexibility index (Phi) is 7.69. The molecule has 0 bridgehead atoms. The maximum absolute atomic E-state index is 13.2. The first-order valence-corrected chi connectivity index (χ1v) is 10.8. The Hall–Kier alpha value is -2.74. The van der Waals surface area contributed by atoms with Gasteiger partial charge in [-0.1, -0.05) is 31.9 Å². The third-order valence-electron chi connectivity index (χ3n) is 3.90. The fraction of sp³-hybridized carbons (Fsp3) is 0.300. The number of hydrogen-bond donors (Lipinski definition) is 2. The Bertz CT molecular complexity index is 945. The minimum absolute atomic E-state index is 0.0235. The zero-order chi connectivity index (χ0) is 20.6.